The van der Waals surface area contributed by atoms with E-state index in [9.17, 15) is 0 Å². The second kappa shape index (κ2) is 8.71. The minimum absolute atomic E-state index is 0.791. The lowest BCUT2D eigenvalue weighted by atomic mass is 10.0. The van der Waals surface area contributed by atoms with Crippen LogP contribution in [0.5, 0.6) is 0 Å². The SMILES string of the molecule is c1ccc(-c2ccc(-c3cnc(CNCCc4ccccn4)s3)cc2)cc1. The fourth-order valence-corrected chi connectivity index (χ4v) is 3.83. The summed E-state index contributed by atoms with van der Waals surface area (Å²) in [6.45, 7) is 1.69. The van der Waals surface area contributed by atoms with E-state index < -0.39 is 0 Å². The van der Waals surface area contributed by atoms with Gasteiger partial charge in [0, 0.05) is 37.6 Å². The summed E-state index contributed by atoms with van der Waals surface area (Å²) in [5.41, 5.74) is 4.81. The number of rotatable bonds is 7. The summed E-state index contributed by atoms with van der Waals surface area (Å²) in [5, 5.41) is 4.56. The van der Waals surface area contributed by atoms with E-state index >= 15 is 0 Å². The molecule has 2 heterocycles. The molecular weight excluding hydrogens is 350 g/mol. The van der Waals surface area contributed by atoms with Crippen LogP contribution in [0.4, 0.5) is 0 Å². The monoisotopic (exact) mass is 371 g/mol. The van der Waals surface area contributed by atoms with Crippen LogP contribution in [0.3, 0.4) is 0 Å². The molecule has 2 aromatic heterocycles. The molecule has 0 fully saturated rings. The first kappa shape index (κ1) is 17.6. The van der Waals surface area contributed by atoms with Gasteiger partial charge in [-0.15, -0.1) is 11.3 Å². The van der Waals surface area contributed by atoms with E-state index in [1.165, 1.54) is 21.6 Å². The lowest BCUT2D eigenvalue weighted by Gasteiger charge is -2.03. The minimum Gasteiger partial charge on any atom is -0.310 e. The third-order valence-electron chi connectivity index (χ3n) is 4.39. The molecule has 2 aromatic carbocycles. The molecule has 0 aliphatic heterocycles. The first-order chi connectivity index (χ1) is 13.4. The highest BCUT2D eigenvalue weighted by molar-refractivity contribution is 7.15. The van der Waals surface area contributed by atoms with Crippen LogP contribution in [0.2, 0.25) is 0 Å². The molecule has 0 aliphatic rings. The molecular formula is C23H21N3S. The van der Waals surface area contributed by atoms with Gasteiger partial charge in [-0.05, 0) is 28.8 Å². The summed E-state index contributed by atoms with van der Waals surface area (Å²) in [6.07, 6.45) is 4.74. The Labute approximate surface area is 163 Å². The quantitative estimate of drug-likeness (QED) is 0.454. The maximum Gasteiger partial charge on any atom is 0.107 e. The summed E-state index contributed by atoms with van der Waals surface area (Å²) in [5.74, 6) is 0. The number of aromatic nitrogens is 2. The normalized spacial score (nSPS) is 10.8. The van der Waals surface area contributed by atoms with Gasteiger partial charge in [-0.3, -0.25) is 4.98 Å². The Hall–Kier alpha value is -2.82. The van der Waals surface area contributed by atoms with Gasteiger partial charge < -0.3 is 5.32 Å². The molecule has 0 atom stereocenters. The van der Waals surface area contributed by atoms with Gasteiger partial charge in [0.25, 0.3) is 0 Å². The number of pyridine rings is 1. The molecule has 3 nitrogen and oxygen atoms in total. The van der Waals surface area contributed by atoms with E-state index in [-0.39, 0.29) is 0 Å². The fourth-order valence-electron chi connectivity index (χ4n) is 2.94. The summed E-state index contributed by atoms with van der Waals surface area (Å²) in [6, 6.07) is 25.2. The molecule has 1 N–H and O–H groups in total. The van der Waals surface area contributed by atoms with Crippen molar-refractivity contribution in [3.05, 3.63) is 95.9 Å². The molecule has 4 aromatic rings. The van der Waals surface area contributed by atoms with Crippen LogP contribution in [-0.2, 0) is 13.0 Å². The van der Waals surface area contributed by atoms with Crippen molar-refractivity contribution >= 4 is 11.3 Å². The zero-order valence-electron chi connectivity index (χ0n) is 15.0. The Bertz CT molecular complexity index is 963. The predicted octanol–water partition coefficient (Wildman–Crippen LogP) is 5.20. The van der Waals surface area contributed by atoms with Crippen molar-refractivity contribution in [3.63, 3.8) is 0 Å². The number of hydrogen-bond acceptors (Lipinski definition) is 4. The summed E-state index contributed by atoms with van der Waals surface area (Å²) in [4.78, 5) is 10.1. The standard InChI is InChI=1S/C23H21N3S/c1-2-6-18(7-3-1)19-9-11-20(12-10-19)22-16-26-23(27-22)17-24-15-13-21-8-4-5-14-25-21/h1-12,14,16,24H,13,15,17H2. The van der Waals surface area contributed by atoms with E-state index in [0.717, 1.165) is 30.2 Å². The third kappa shape index (κ3) is 4.67. The smallest absolute Gasteiger partial charge is 0.107 e. The van der Waals surface area contributed by atoms with Crippen LogP contribution >= 0.6 is 11.3 Å². The highest BCUT2D eigenvalue weighted by atomic mass is 32.1. The van der Waals surface area contributed by atoms with Crippen molar-refractivity contribution in [1.82, 2.24) is 15.3 Å². The second-order valence-corrected chi connectivity index (χ2v) is 7.42. The summed E-state index contributed by atoms with van der Waals surface area (Å²) in [7, 11) is 0. The largest absolute Gasteiger partial charge is 0.310 e. The molecule has 0 radical (unpaired) electrons. The third-order valence-corrected chi connectivity index (χ3v) is 5.44. The van der Waals surface area contributed by atoms with E-state index in [2.05, 4.69) is 69.9 Å². The van der Waals surface area contributed by atoms with Gasteiger partial charge >= 0.3 is 0 Å². The minimum atomic E-state index is 0.791. The van der Waals surface area contributed by atoms with Gasteiger partial charge in [-0.1, -0.05) is 60.7 Å². The number of nitrogens with zero attached hydrogens (tertiary/aromatic N) is 2. The zero-order valence-corrected chi connectivity index (χ0v) is 15.8. The van der Waals surface area contributed by atoms with Crippen LogP contribution < -0.4 is 5.32 Å². The molecule has 0 unspecified atom stereocenters. The Morgan fingerprint density at radius 3 is 2.26 bits per heavy atom. The van der Waals surface area contributed by atoms with Crippen molar-refractivity contribution in [2.75, 3.05) is 6.54 Å². The van der Waals surface area contributed by atoms with Crippen molar-refractivity contribution in [2.45, 2.75) is 13.0 Å². The van der Waals surface area contributed by atoms with Gasteiger partial charge in [-0.2, -0.15) is 0 Å². The van der Waals surface area contributed by atoms with Crippen molar-refractivity contribution in [3.8, 4) is 21.6 Å². The first-order valence-corrected chi connectivity index (χ1v) is 9.91. The average molecular weight is 372 g/mol. The topological polar surface area (TPSA) is 37.8 Å². The highest BCUT2D eigenvalue weighted by Gasteiger charge is 2.05. The Morgan fingerprint density at radius 2 is 1.48 bits per heavy atom. The van der Waals surface area contributed by atoms with Crippen LogP contribution in [0, 0.1) is 0 Å². The van der Waals surface area contributed by atoms with Crippen molar-refractivity contribution in [1.29, 1.82) is 0 Å². The van der Waals surface area contributed by atoms with Crippen LogP contribution in [-0.4, -0.2) is 16.5 Å². The van der Waals surface area contributed by atoms with Gasteiger partial charge in [-0.25, -0.2) is 4.98 Å². The van der Waals surface area contributed by atoms with E-state index in [1.54, 1.807) is 11.3 Å². The van der Waals surface area contributed by atoms with Gasteiger partial charge in [0.05, 0.1) is 4.88 Å². The van der Waals surface area contributed by atoms with Crippen LogP contribution in [0.1, 0.15) is 10.7 Å². The maximum atomic E-state index is 4.56. The van der Waals surface area contributed by atoms with E-state index in [1.807, 2.05) is 30.6 Å². The van der Waals surface area contributed by atoms with Gasteiger partial charge in [0.1, 0.15) is 5.01 Å². The molecule has 4 rings (SSSR count). The van der Waals surface area contributed by atoms with Gasteiger partial charge in [0.15, 0.2) is 0 Å². The average Bonchev–Trinajstić information content (AvgIpc) is 3.22. The predicted molar refractivity (Wildman–Crippen MR) is 113 cm³/mol. The van der Waals surface area contributed by atoms with Crippen LogP contribution in [0.15, 0.2) is 85.2 Å². The number of nitrogens with one attached hydrogen (secondary N) is 1. The molecule has 0 bridgehead atoms. The molecule has 0 aliphatic carbocycles. The summed E-state index contributed by atoms with van der Waals surface area (Å²) >= 11 is 1.74. The number of benzene rings is 2. The molecule has 0 saturated heterocycles. The van der Waals surface area contributed by atoms with E-state index in [4.69, 9.17) is 0 Å². The molecule has 0 saturated carbocycles. The lowest BCUT2D eigenvalue weighted by Crippen LogP contribution is -2.16. The summed E-state index contributed by atoms with van der Waals surface area (Å²) < 4.78 is 0. The van der Waals surface area contributed by atoms with E-state index in [0.29, 0.717) is 0 Å². The maximum absolute atomic E-state index is 4.56. The molecule has 0 spiro atoms. The Balaban J connectivity index is 1.33. The first-order valence-electron chi connectivity index (χ1n) is 9.10. The Morgan fingerprint density at radius 1 is 0.741 bits per heavy atom. The van der Waals surface area contributed by atoms with Gasteiger partial charge in [0.2, 0.25) is 0 Å². The fraction of sp³-hybridized carbons (Fsp3) is 0.130. The number of hydrogen-bond donors (Lipinski definition) is 1. The lowest BCUT2D eigenvalue weighted by molar-refractivity contribution is 0.677. The zero-order chi connectivity index (χ0) is 18.3. The molecule has 134 valence electrons. The van der Waals surface area contributed by atoms with Crippen molar-refractivity contribution in [2.24, 2.45) is 0 Å². The molecule has 0 amide bonds. The highest BCUT2D eigenvalue weighted by Crippen LogP contribution is 2.28. The molecule has 27 heavy (non-hydrogen) atoms. The second-order valence-electron chi connectivity index (χ2n) is 6.31. The van der Waals surface area contributed by atoms with Crippen molar-refractivity contribution < 1.29 is 0 Å². The molecule has 4 heteroatoms. The Kier molecular flexibility index (Phi) is 5.67. The number of thiazole rings is 1. The van der Waals surface area contributed by atoms with Crippen LogP contribution in [0.25, 0.3) is 21.6 Å².